The lowest BCUT2D eigenvalue weighted by atomic mass is 9.52. The highest BCUT2D eigenvalue weighted by Crippen LogP contribution is 2.62. The van der Waals surface area contributed by atoms with E-state index >= 15 is 87.8 Å². The molecule has 0 aliphatic carbocycles. The maximum absolute atomic E-state index is 17.3. The van der Waals surface area contributed by atoms with E-state index in [1.165, 1.54) is 12.8 Å². The summed E-state index contributed by atoms with van der Waals surface area (Å²) in [5, 5.41) is 0. The largest absolute Gasteiger partial charge is 0.292 e. The van der Waals surface area contributed by atoms with Crippen LogP contribution in [0, 0.1) is 116 Å². The number of halogens is 20. The number of nitrogens with zero attached hydrogens (tertiary/aromatic N) is 1. The van der Waals surface area contributed by atoms with Gasteiger partial charge in [0.15, 0.2) is 93.1 Å². The first-order valence-corrected chi connectivity index (χ1v) is 28.8. The minimum atomic E-state index is -5.26. The average molecular weight is 1200 g/mol. The molecule has 4 aromatic rings. The van der Waals surface area contributed by atoms with Gasteiger partial charge in [0.05, 0.1) is 22.1 Å². The molecule has 0 aliphatic heterocycles. The first kappa shape index (κ1) is 69.9. The van der Waals surface area contributed by atoms with Gasteiger partial charge in [-0.2, -0.15) is 0 Å². The van der Waals surface area contributed by atoms with Crippen molar-refractivity contribution in [2.75, 3.05) is 13.6 Å². The zero-order valence-corrected chi connectivity index (χ0v) is 46.6. The zero-order valence-electron chi connectivity index (χ0n) is 46.6. The summed E-state index contributed by atoms with van der Waals surface area (Å²) >= 11 is 0. The minimum Gasteiger partial charge on any atom is -0.292 e. The van der Waals surface area contributed by atoms with Gasteiger partial charge in [-0.1, -0.05) is 200 Å². The summed E-state index contributed by atoms with van der Waals surface area (Å²) in [6, 6.07) is 0. The van der Waals surface area contributed by atoms with Crippen molar-refractivity contribution in [3.63, 3.8) is 0 Å². The molecule has 0 spiro atoms. The van der Waals surface area contributed by atoms with Gasteiger partial charge in [-0.15, -0.1) is 0 Å². The Balaban J connectivity index is 2.06. The molecule has 0 aromatic heterocycles. The van der Waals surface area contributed by atoms with Crippen molar-refractivity contribution >= 4 is 0 Å². The van der Waals surface area contributed by atoms with Crippen LogP contribution in [0.1, 0.15) is 235 Å². The van der Waals surface area contributed by atoms with E-state index in [4.69, 9.17) is 0 Å². The molecule has 21 heteroatoms. The Morgan fingerprint density at radius 1 is 0.220 bits per heavy atom. The van der Waals surface area contributed by atoms with Crippen molar-refractivity contribution in [3.8, 4) is 0 Å². The highest BCUT2D eigenvalue weighted by molar-refractivity contribution is 5.59. The number of rotatable bonds is 38. The Bertz CT molecular complexity index is 2450. The average Bonchev–Trinajstić information content (AvgIpc) is 1.00. The first-order chi connectivity index (χ1) is 39.0. The molecule has 462 valence electrons. The monoisotopic (exact) mass is 1200 g/mol. The smallest absolute Gasteiger partial charge is 0.200 e. The van der Waals surface area contributed by atoms with Gasteiger partial charge in [-0.3, -0.25) is 4.90 Å². The molecule has 0 bridgehead atoms. The van der Waals surface area contributed by atoms with Crippen LogP contribution in [-0.4, -0.2) is 18.5 Å². The maximum Gasteiger partial charge on any atom is 0.200 e. The molecule has 0 heterocycles. The van der Waals surface area contributed by atoms with Crippen LogP contribution < -0.4 is 0 Å². The molecule has 0 fully saturated rings. The highest BCUT2D eigenvalue weighted by Gasteiger charge is 2.67. The summed E-state index contributed by atoms with van der Waals surface area (Å²) < 4.78 is 327. The number of hydrogen-bond donors (Lipinski definition) is 0. The number of benzene rings is 4. The molecule has 0 unspecified atom stereocenters. The second-order valence-electron chi connectivity index (χ2n) is 21.5. The van der Waals surface area contributed by atoms with Gasteiger partial charge in [0.25, 0.3) is 0 Å². The standard InChI is InChI=1S/C61H73F20N/c1-4-6-8-10-12-14-16-18-20-21-23-25-27-29-31-33-35-82(3)61(38-44(66)52(74)58(80)53(75)45(38)67,39-46(68)54(76)59(81)55(77)47(39)69)60(36-40(62)48(70)56(78)49(71)41(36)63,37-42(64)50(72)57(79)51(73)43(37)65)34-32-30-28-26-24-22-19-17-15-13-11-9-7-5-2/h4-35H2,1-3H3. The zero-order chi connectivity index (χ0) is 61.1. The highest BCUT2D eigenvalue weighted by atomic mass is 19.2. The Kier molecular flexibility index (Phi) is 28.3. The van der Waals surface area contributed by atoms with Crippen LogP contribution in [0.3, 0.4) is 0 Å². The van der Waals surface area contributed by atoms with Gasteiger partial charge in [0.1, 0.15) is 0 Å². The molecule has 0 radical (unpaired) electrons. The third-order valence-corrected chi connectivity index (χ3v) is 15.9. The molecule has 0 saturated heterocycles. The fourth-order valence-corrected chi connectivity index (χ4v) is 11.6. The molecule has 0 saturated carbocycles. The summed E-state index contributed by atoms with van der Waals surface area (Å²) in [7, 11) is 0.277. The molecular weight excluding hydrogens is 1130 g/mol. The predicted molar refractivity (Wildman–Crippen MR) is 274 cm³/mol. The van der Waals surface area contributed by atoms with Crippen molar-refractivity contribution in [2.24, 2.45) is 0 Å². The Morgan fingerprint density at radius 3 is 0.610 bits per heavy atom. The quantitative estimate of drug-likeness (QED) is 0.0187. The summed E-state index contributed by atoms with van der Waals surface area (Å²) in [6.45, 7) is 2.87. The van der Waals surface area contributed by atoms with E-state index in [9.17, 15) is 0 Å². The Hall–Kier alpha value is -4.56. The SMILES string of the molecule is CCCCCCCCCCCCCCCCCCN(C)C(c1c(F)c(F)c(F)c(F)c1F)(c1c(F)c(F)c(F)c(F)c1F)C(CCCCCCCCCCCCCCCC)(c1c(F)c(F)c(F)c(F)c1F)c1c(F)c(F)c(F)c(F)c1F. The number of hydrogen-bond acceptors (Lipinski definition) is 1. The summed E-state index contributed by atoms with van der Waals surface area (Å²) in [5.41, 5.74) is -22.4. The molecule has 0 N–H and O–H groups in total. The van der Waals surface area contributed by atoms with Crippen LogP contribution in [-0.2, 0) is 11.0 Å². The van der Waals surface area contributed by atoms with Crippen LogP contribution in [0.2, 0.25) is 0 Å². The fourth-order valence-electron chi connectivity index (χ4n) is 11.6. The third-order valence-electron chi connectivity index (χ3n) is 15.9. The van der Waals surface area contributed by atoms with Gasteiger partial charge in [0.2, 0.25) is 23.3 Å². The van der Waals surface area contributed by atoms with Gasteiger partial charge < -0.3 is 0 Å². The van der Waals surface area contributed by atoms with E-state index in [0.29, 0.717) is 32.1 Å². The number of likely N-dealkylation sites (N-methyl/N-ethyl adjacent to an activating group) is 1. The van der Waals surface area contributed by atoms with E-state index in [2.05, 4.69) is 13.8 Å². The molecular formula is C61H73F20N. The maximum atomic E-state index is 17.3. The van der Waals surface area contributed by atoms with Crippen molar-refractivity contribution in [1.29, 1.82) is 0 Å². The molecule has 0 aliphatic rings. The Morgan fingerprint density at radius 2 is 0.390 bits per heavy atom. The minimum absolute atomic E-state index is 0.117. The van der Waals surface area contributed by atoms with E-state index in [1.807, 2.05) is 0 Å². The number of unbranched alkanes of at least 4 members (excludes halogenated alkanes) is 28. The van der Waals surface area contributed by atoms with Crippen molar-refractivity contribution in [3.05, 3.63) is 139 Å². The molecule has 0 amide bonds. The summed E-state index contributed by atoms with van der Waals surface area (Å²) in [5.74, 6) is -65.6. The molecule has 4 aromatic carbocycles. The van der Waals surface area contributed by atoms with E-state index in [1.54, 1.807) is 0 Å². The van der Waals surface area contributed by atoms with Crippen LogP contribution in [0.15, 0.2) is 0 Å². The lowest BCUT2D eigenvalue weighted by Gasteiger charge is -2.56. The van der Waals surface area contributed by atoms with Gasteiger partial charge in [-0.05, 0) is 26.4 Å². The Labute approximate surface area is 467 Å². The lowest BCUT2D eigenvalue weighted by Crippen LogP contribution is -2.63. The summed E-state index contributed by atoms with van der Waals surface area (Å²) in [4.78, 5) is -0.159. The van der Waals surface area contributed by atoms with Crippen LogP contribution in [0.5, 0.6) is 0 Å². The molecule has 0 atom stereocenters. The molecule has 82 heavy (non-hydrogen) atoms. The van der Waals surface area contributed by atoms with Gasteiger partial charge >= 0.3 is 0 Å². The van der Waals surface area contributed by atoms with Crippen LogP contribution in [0.25, 0.3) is 0 Å². The van der Waals surface area contributed by atoms with Crippen molar-refractivity contribution < 1.29 is 87.8 Å². The topological polar surface area (TPSA) is 3.24 Å². The van der Waals surface area contributed by atoms with Gasteiger partial charge in [0, 0.05) is 11.1 Å². The lowest BCUT2D eigenvalue weighted by molar-refractivity contribution is 0.0458. The second kappa shape index (κ2) is 33.2. The second-order valence-corrected chi connectivity index (χ2v) is 21.5. The van der Waals surface area contributed by atoms with Crippen LogP contribution in [0.4, 0.5) is 87.8 Å². The van der Waals surface area contributed by atoms with Crippen molar-refractivity contribution in [2.45, 2.75) is 224 Å². The van der Waals surface area contributed by atoms with E-state index < -0.39 is 182 Å². The van der Waals surface area contributed by atoms with E-state index in [0.717, 1.165) is 103 Å². The van der Waals surface area contributed by atoms with Gasteiger partial charge in [-0.25, -0.2) is 87.8 Å². The van der Waals surface area contributed by atoms with E-state index in [-0.39, 0.29) is 37.6 Å². The normalized spacial score (nSPS) is 12.3. The summed E-state index contributed by atoms with van der Waals surface area (Å²) in [6.07, 6.45) is 16.5. The first-order valence-electron chi connectivity index (χ1n) is 28.8. The third kappa shape index (κ3) is 15.3. The predicted octanol–water partition coefficient (Wildman–Crippen LogP) is 21.8. The van der Waals surface area contributed by atoms with Crippen molar-refractivity contribution in [1.82, 2.24) is 4.90 Å². The molecule has 1 nitrogen and oxygen atoms in total. The fraction of sp³-hybridized carbons (Fsp3) is 0.607. The molecule has 4 rings (SSSR count). The van der Waals surface area contributed by atoms with Crippen LogP contribution >= 0.6 is 0 Å².